The fourth-order valence-electron chi connectivity index (χ4n) is 2.84. The van der Waals surface area contributed by atoms with Gasteiger partial charge in [0.15, 0.2) is 0 Å². The van der Waals surface area contributed by atoms with Crippen molar-refractivity contribution < 1.29 is 4.92 Å². The van der Waals surface area contributed by atoms with Crippen LogP contribution in [0.2, 0.25) is 0 Å². The molecule has 4 aromatic rings. The summed E-state index contributed by atoms with van der Waals surface area (Å²) >= 11 is 0. The molecule has 1 heterocycles. The lowest BCUT2D eigenvalue weighted by Crippen LogP contribution is -2.07. The molecule has 0 bridgehead atoms. The summed E-state index contributed by atoms with van der Waals surface area (Å²) in [6, 6.07) is 25.3. The summed E-state index contributed by atoms with van der Waals surface area (Å²) in [7, 11) is 0. The zero-order valence-electron chi connectivity index (χ0n) is 17.9. The maximum Gasteiger partial charge on any atom is 0.269 e. The largest absolute Gasteiger partial charge is 0.324 e. The van der Waals surface area contributed by atoms with E-state index in [1.165, 1.54) is 18.3 Å². The monoisotopic (exact) mass is 452 g/mol. The van der Waals surface area contributed by atoms with Gasteiger partial charge in [-0.2, -0.15) is 20.1 Å². The number of nitrogens with one attached hydrogen (secondary N) is 3. The van der Waals surface area contributed by atoms with Gasteiger partial charge in [0.05, 0.1) is 4.92 Å². The highest BCUT2D eigenvalue weighted by atomic mass is 16.6. The summed E-state index contributed by atoms with van der Waals surface area (Å²) < 4.78 is 0. The van der Waals surface area contributed by atoms with Crippen LogP contribution < -0.4 is 16.1 Å². The number of non-ortho nitro benzene ring substituents is 1. The standard InChI is InChI=1S/C24H20N8O2/c33-32(34)21-15-13-18(14-16-21)8-7-17-25-31-24-29-22(26-19-9-3-1-4-10-19)28-23(30-24)27-20-11-5-2-6-12-20/h1-17H,(H3,26,27,28,29,30,31)/b8-7+,25-17-. The third-order valence-electron chi connectivity index (χ3n) is 4.41. The minimum Gasteiger partial charge on any atom is -0.324 e. The number of nitro groups is 1. The van der Waals surface area contributed by atoms with Crippen molar-refractivity contribution >= 4 is 47.2 Å². The molecular formula is C24H20N8O2. The number of nitrogens with zero attached hydrogens (tertiary/aromatic N) is 5. The Morgan fingerprint density at radius 3 is 1.79 bits per heavy atom. The highest BCUT2D eigenvalue weighted by molar-refractivity contribution is 5.78. The third-order valence-corrected chi connectivity index (χ3v) is 4.41. The molecule has 0 saturated heterocycles. The molecule has 0 aliphatic heterocycles. The van der Waals surface area contributed by atoms with Gasteiger partial charge in [-0.3, -0.25) is 10.1 Å². The van der Waals surface area contributed by atoms with Gasteiger partial charge in [-0.1, -0.05) is 42.5 Å². The highest BCUT2D eigenvalue weighted by Gasteiger charge is 2.07. The van der Waals surface area contributed by atoms with E-state index in [1.807, 2.05) is 60.7 Å². The molecule has 0 spiro atoms. The number of anilines is 5. The van der Waals surface area contributed by atoms with Crippen LogP contribution in [-0.4, -0.2) is 26.1 Å². The predicted molar refractivity (Wildman–Crippen MR) is 134 cm³/mol. The third kappa shape index (κ3) is 6.44. The van der Waals surface area contributed by atoms with Crippen LogP contribution in [0.3, 0.4) is 0 Å². The Labute approximate surface area is 195 Å². The fraction of sp³-hybridized carbons (Fsp3) is 0. The first kappa shape index (κ1) is 22.1. The van der Waals surface area contributed by atoms with E-state index in [2.05, 4.69) is 36.1 Å². The van der Waals surface area contributed by atoms with Crippen molar-refractivity contribution in [3.05, 3.63) is 107 Å². The van der Waals surface area contributed by atoms with Crippen LogP contribution in [0, 0.1) is 10.1 Å². The molecule has 3 N–H and O–H groups in total. The molecule has 0 saturated carbocycles. The SMILES string of the molecule is O=[N+]([O-])c1ccc(/C=C/C=N\Nc2nc(Nc3ccccc3)nc(Nc3ccccc3)n2)cc1. The Morgan fingerprint density at radius 1 is 0.735 bits per heavy atom. The molecule has 1 aromatic heterocycles. The predicted octanol–water partition coefficient (Wildman–Crippen LogP) is 5.38. The molecule has 0 aliphatic carbocycles. The van der Waals surface area contributed by atoms with E-state index in [1.54, 1.807) is 24.3 Å². The second-order valence-corrected chi connectivity index (χ2v) is 6.89. The van der Waals surface area contributed by atoms with Crippen LogP contribution in [0.5, 0.6) is 0 Å². The number of nitro benzene ring substituents is 1. The summed E-state index contributed by atoms with van der Waals surface area (Å²) in [6.45, 7) is 0. The van der Waals surface area contributed by atoms with Crippen LogP contribution in [0.15, 0.2) is 96.1 Å². The van der Waals surface area contributed by atoms with Crippen molar-refractivity contribution in [1.82, 2.24) is 15.0 Å². The summed E-state index contributed by atoms with van der Waals surface area (Å²) in [6.07, 6.45) is 4.99. The maximum absolute atomic E-state index is 10.7. The fourth-order valence-corrected chi connectivity index (χ4v) is 2.84. The average Bonchev–Trinajstić information content (AvgIpc) is 2.85. The van der Waals surface area contributed by atoms with Crippen molar-refractivity contribution in [1.29, 1.82) is 0 Å². The molecule has 10 nitrogen and oxygen atoms in total. The van der Waals surface area contributed by atoms with E-state index in [0.29, 0.717) is 11.9 Å². The number of hydrogen-bond acceptors (Lipinski definition) is 9. The zero-order chi connectivity index (χ0) is 23.6. The molecule has 10 heteroatoms. The Morgan fingerprint density at radius 2 is 1.26 bits per heavy atom. The average molecular weight is 452 g/mol. The first-order chi connectivity index (χ1) is 16.7. The number of para-hydroxylation sites is 2. The van der Waals surface area contributed by atoms with Crippen molar-refractivity contribution in [2.24, 2.45) is 5.10 Å². The van der Waals surface area contributed by atoms with Crippen molar-refractivity contribution in [3.63, 3.8) is 0 Å². The van der Waals surface area contributed by atoms with Gasteiger partial charge < -0.3 is 10.6 Å². The normalized spacial score (nSPS) is 10.9. The minimum absolute atomic E-state index is 0.0437. The number of allylic oxidation sites excluding steroid dienone is 1. The second kappa shape index (κ2) is 11.0. The number of benzene rings is 3. The Balaban J connectivity index is 1.47. The van der Waals surface area contributed by atoms with Gasteiger partial charge in [0.1, 0.15) is 0 Å². The van der Waals surface area contributed by atoms with Gasteiger partial charge in [0.25, 0.3) is 5.69 Å². The Kier molecular flexibility index (Phi) is 7.12. The molecular weight excluding hydrogens is 432 g/mol. The highest BCUT2D eigenvalue weighted by Crippen LogP contribution is 2.18. The summed E-state index contributed by atoms with van der Waals surface area (Å²) in [4.78, 5) is 23.5. The van der Waals surface area contributed by atoms with Gasteiger partial charge in [0.2, 0.25) is 17.8 Å². The molecule has 168 valence electrons. The Bertz CT molecular complexity index is 1230. The second-order valence-electron chi connectivity index (χ2n) is 6.89. The van der Waals surface area contributed by atoms with E-state index in [0.717, 1.165) is 16.9 Å². The molecule has 34 heavy (non-hydrogen) atoms. The smallest absolute Gasteiger partial charge is 0.269 e. The van der Waals surface area contributed by atoms with Crippen molar-refractivity contribution in [2.45, 2.75) is 0 Å². The quantitative estimate of drug-likeness (QED) is 0.175. The first-order valence-corrected chi connectivity index (χ1v) is 10.3. The molecule has 0 radical (unpaired) electrons. The van der Waals surface area contributed by atoms with E-state index < -0.39 is 4.92 Å². The molecule has 0 amide bonds. The van der Waals surface area contributed by atoms with Gasteiger partial charge in [-0.15, -0.1) is 0 Å². The van der Waals surface area contributed by atoms with E-state index >= 15 is 0 Å². The van der Waals surface area contributed by atoms with Gasteiger partial charge in [0, 0.05) is 29.7 Å². The topological polar surface area (TPSA) is 130 Å². The van der Waals surface area contributed by atoms with Crippen molar-refractivity contribution in [2.75, 3.05) is 16.1 Å². The summed E-state index contributed by atoms with van der Waals surface area (Å²) in [5.41, 5.74) is 5.31. The van der Waals surface area contributed by atoms with Gasteiger partial charge >= 0.3 is 0 Å². The number of hydrazone groups is 1. The van der Waals surface area contributed by atoms with Crippen molar-refractivity contribution in [3.8, 4) is 0 Å². The number of aromatic nitrogens is 3. The summed E-state index contributed by atoms with van der Waals surface area (Å²) in [5.74, 6) is 0.935. The van der Waals surface area contributed by atoms with Crippen LogP contribution in [0.25, 0.3) is 6.08 Å². The van der Waals surface area contributed by atoms with E-state index in [-0.39, 0.29) is 11.6 Å². The lowest BCUT2D eigenvalue weighted by Gasteiger charge is -2.10. The van der Waals surface area contributed by atoms with Crippen LogP contribution in [0.1, 0.15) is 5.56 Å². The lowest BCUT2D eigenvalue weighted by atomic mass is 10.2. The molecule has 4 rings (SSSR count). The lowest BCUT2D eigenvalue weighted by molar-refractivity contribution is -0.384. The number of hydrogen-bond donors (Lipinski definition) is 3. The van der Waals surface area contributed by atoms with Gasteiger partial charge in [-0.25, -0.2) is 5.43 Å². The van der Waals surface area contributed by atoms with Crippen LogP contribution in [-0.2, 0) is 0 Å². The maximum atomic E-state index is 10.7. The molecule has 3 aromatic carbocycles. The van der Waals surface area contributed by atoms with Crippen LogP contribution in [0.4, 0.5) is 34.9 Å². The number of rotatable bonds is 9. The zero-order valence-corrected chi connectivity index (χ0v) is 17.9. The molecule has 0 aliphatic rings. The first-order valence-electron chi connectivity index (χ1n) is 10.3. The van der Waals surface area contributed by atoms with E-state index in [9.17, 15) is 10.1 Å². The van der Waals surface area contributed by atoms with Crippen LogP contribution >= 0.6 is 0 Å². The molecule has 0 fully saturated rings. The minimum atomic E-state index is -0.435. The summed E-state index contributed by atoms with van der Waals surface area (Å²) in [5, 5.41) is 21.2. The van der Waals surface area contributed by atoms with E-state index in [4.69, 9.17) is 0 Å². The molecule has 0 unspecified atom stereocenters. The molecule has 0 atom stereocenters. The Hall–Kier alpha value is -5.12. The van der Waals surface area contributed by atoms with Gasteiger partial charge in [-0.05, 0) is 48.0 Å².